The number of nitrogen functional groups attached to an aromatic ring is 1. The number of nitrogens with zero attached hydrogens (tertiary/aromatic N) is 3. The molecule has 0 unspecified atom stereocenters. The van der Waals surface area contributed by atoms with Gasteiger partial charge in [0.1, 0.15) is 0 Å². The van der Waals surface area contributed by atoms with Crippen LogP contribution in [-0.2, 0) is 4.74 Å². The molecule has 0 bridgehead atoms. The fourth-order valence-corrected chi connectivity index (χ4v) is 1.97. The number of hydrogen-bond donors (Lipinski definition) is 3. The molecule has 2 rings (SSSR count). The van der Waals surface area contributed by atoms with Gasteiger partial charge in [0.15, 0.2) is 0 Å². The van der Waals surface area contributed by atoms with Crippen LogP contribution in [-0.4, -0.2) is 41.8 Å². The minimum Gasteiger partial charge on any atom is -0.464 e. The molecule has 1 saturated carbocycles. The smallest absolute Gasteiger partial charge is 0.323 e. The first-order valence-electron chi connectivity index (χ1n) is 6.79. The third-order valence-electron chi connectivity index (χ3n) is 3.43. The van der Waals surface area contributed by atoms with Crippen LogP contribution in [0.1, 0.15) is 26.2 Å². The number of anilines is 2. The minimum atomic E-state index is 0.264. The van der Waals surface area contributed by atoms with Gasteiger partial charge in [-0.25, -0.2) is 5.84 Å². The Morgan fingerprint density at radius 3 is 2.60 bits per heavy atom. The van der Waals surface area contributed by atoms with Crippen LogP contribution in [0.3, 0.4) is 0 Å². The van der Waals surface area contributed by atoms with Crippen molar-refractivity contribution in [3.8, 4) is 6.01 Å². The lowest BCUT2D eigenvalue weighted by Crippen LogP contribution is -2.20. The monoisotopic (exact) mass is 282 g/mol. The maximum atomic E-state index is 5.34. The third kappa shape index (κ3) is 3.91. The van der Waals surface area contributed by atoms with Gasteiger partial charge in [-0.1, -0.05) is 0 Å². The number of aromatic nitrogens is 3. The van der Waals surface area contributed by atoms with E-state index in [1.807, 2.05) is 6.92 Å². The lowest BCUT2D eigenvalue weighted by atomic mass is 10.0. The first-order valence-corrected chi connectivity index (χ1v) is 6.79. The number of rotatable bonds is 9. The lowest BCUT2D eigenvalue weighted by Gasteiger charge is -2.15. The Hall–Kier alpha value is -1.67. The molecule has 0 radical (unpaired) electrons. The second kappa shape index (κ2) is 6.67. The number of nitrogens with one attached hydrogen (secondary N) is 2. The molecule has 0 amide bonds. The van der Waals surface area contributed by atoms with E-state index in [9.17, 15) is 0 Å². The highest BCUT2D eigenvalue weighted by molar-refractivity contribution is 5.35. The largest absolute Gasteiger partial charge is 0.464 e. The molecule has 1 aromatic heterocycles. The zero-order chi connectivity index (χ0) is 14.4. The summed E-state index contributed by atoms with van der Waals surface area (Å²) in [7, 11) is 1.73. The van der Waals surface area contributed by atoms with Crippen LogP contribution in [0.5, 0.6) is 6.01 Å². The molecule has 112 valence electrons. The standard InChI is InChI=1S/C12H22N6O2/c1-3-20-11-16-9(15-10(17-11)18-13)14-8-12(4-5-12)6-7-19-2/h3-8,13H2,1-2H3,(H2,14,15,16,17,18). The van der Waals surface area contributed by atoms with Crippen LogP contribution >= 0.6 is 0 Å². The Balaban J connectivity index is 1.96. The summed E-state index contributed by atoms with van der Waals surface area (Å²) < 4.78 is 10.4. The van der Waals surface area contributed by atoms with Crippen molar-refractivity contribution in [3.05, 3.63) is 0 Å². The normalized spacial score (nSPS) is 15.8. The number of methoxy groups -OCH3 is 1. The highest BCUT2D eigenvalue weighted by Gasteiger charge is 2.41. The summed E-state index contributed by atoms with van der Waals surface area (Å²) in [4.78, 5) is 12.4. The molecule has 8 nitrogen and oxygen atoms in total. The van der Waals surface area contributed by atoms with Gasteiger partial charge >= 0.3 is 6.01 Å². The van der Waals surface area contributed by atoms with Crippen molar-refractivity contribution in [3.63, 3.8) is 0 Å². The molecule has 0 aliphatic heterocycles. The quantitative estimate of drug-likeness (QED) is 0.450. The van der Waals surface area contributed by atoms with Gasteiger partial charge in [0.05, 0.1) is 6.61 Å². The molecule has 0 saturated heterocycles. The first kappa shape index (κ1) is 14.7. The predicted molar refractivity (Wildman–Crippen MR) is 75.5 cm³/mol. The molecule has 1 aromatic rings. The van der Waals surface area contributed by atoms with E-state index in [-0.39, 0.29) is 12.0 Å². The number of hydrazine groups is 1. The molecule has 20 heavy (non-hydrogen) atoms. The predicted octanol–water partition coefficient (Wildman–Crippen LogP) is 0.784. The Labute approximate surface area is 118 Å². The van der Waals surface area contributed by atoms with Crippen molar-refractivity contribution in [2.45, 2.75) is 26.2 Å². The van der Waals surface area contributed by atoms with E-state index in [1.165, 1.54) is 12.8 Å². The van der Waals surface area contributed by atoms with Crippen LogP contribution in [0.15, 0.2) is 0 Å². The second-order valence-electron chi connectivity index (χ2n) is 4.94. The summed E-state index contributed by atoms with van der Waals surface area (Å²) in [6, 6.07) is 0.264. The molecule has 1 aliphatic carbocycles. The van der Waals surface area contributed by atoms with Crippen LogP contribution in [0.25, 0.3) is 0 Å². The molecule has 0 atom stereocenters. The van der Waals surface area contributed by atoms with Gasteiger partial charge in [-0.2, -0.15) is 15.0 Å². The van der Waals surface area contributed by atoms with Gasteiger partial charge < -0.3 is 14.8 Å². The van der Waals surface area contributed by atoms with Crippen LogP contribution in [0.4, 0.5) is 11.9 Å². The Morgan fingerprint density at radius 2 is 2.00 bits per heavy atom. The summed E-state index contributed by atoms with van der Waals surface area (Å²) in [5.74, 6) is 6.10. The van der Waals surface area contributed by atoms with Gasteiger partial charge in [-0.15, -0.1) is 0 Å². The van der Waals surface area contributed by atoms with Crippen molar-refractivity contribution >= 4 is 11.9 Å². The molecule has 1 heterocycles. The van der Waals surface area contributed by atoms with Gasteiger partial charge in [-0.3, -0.25) is 5.43 Å². The molecule has 0 spiro atoms. The molecule has 1 aliphatic rings. The summed E-state index contributed by atoms with van der Waals surface area (Å²) >= 11 is 0. The zero-order valence-corrected chi connectivity index (χ0v) is 12.0. The second-order valence-corrected chi connectivity index (χ2v) is 4.94. The average Bonchev–Trinajstić information content (AvgIpc) is 3.24. The summed E-state index contributed by atoms with van der Waals surface area (Å²) in [6.07, 6.45) is 3.45. The van der Waals surface area contributed by atoms with Gasteiger partial charge in [0, 0.05) is 20.3 Å². The van der Waals surface area contributed by atoms with Crippen LogP contribution in [0.2, 0.25) is 0 Å². The van der Waals surface area contributed by atoms with Gasteiger partial charge in [-0.05, 0) is 31.6 Å². The number of nitrogens with two attached hydrogens (primary N) is 1. The molecule has 1 fully saturated rings. The maximum absolute atomic E-state index is 5.34. The van der Waals surface area contributed by atoms with E-state index in [1.54, 1.807) is 7.11 Å². The van der Waals surface area contributed by atoms with E-state index >= 15 is 0 Å². The van der Waals surface area contributed by atoms with Gasteiger partial charge in [0.25, 0.3) is 0 Å². The minimum absolute atomic E-state index is 0.264. The number of ether oxygens (including phenoxy) is 2. The Morgan fingerprint density at radius 1 is 1.25 bits per heavy atom. The van der Waals surface area contributed by atoms with E-state index in [0.29, 0.717) is 18.0 Å². The Kier molecular flexibility index (Phi) is 4.91. The van der Waals surface area contributed by atoms with Crippen molar-refractivity contribution in [2.24, 2.45) is 11.3 Å². The third-order valence-corrected chi connectivity index (χ3v) is 3.43. The van der Waals surface area contributed by atoms with Gasteiger partial charge in [0.2, 0.25) is 11.9 Å². The Bertz CT molecular complexity index is 438. The van der Waals surface area contributed by atoms with E-state index in [0.717, 1.165) is 19.6 Å². The van der Waals surface area contributed by atoms with Crippen LogP contribution in [0, 0.1) is 5.41 Å². The average molecular weight is 282 g/mol. The molecule has 4 N–H and O–H groups in total. The SMILES string of the molecule is CCOc1nc(NN)nc(NCC2(CCOC)CC2)n1. The van der Waals surface area contributed by atoms with Crippen molar-refractivity contribution < 1.29 is 9.47 Å². The van der Waals surface area contributed by atoms with E-state index in [4.69, 9.17) is 15.3 Å². The fourth-order valence-electron chi connectivity index (χ4n) is 1.97. The zero-order valence-electron chi connectivity index (χ0n) is 12.0. The lowest BCUT2D eigenvalue weighted by molar-refractivity contribution is 0.174. The van der Waals surface area contributed by atoms with E-state index in [2.05, 4.69) is 25.7 Å². The highest BCUT2D eigenvalue weighted by Crippen LogP contribution is 2.48. The first-order chi connectivity index (χ1) is 9.71. The molecular formula is C12H22N6O2. The molecule has 0 aromatic carbocycles. The number of hydrogen-bond acceptors (Lipinski definition) is 8. The molecular weight excluding hydrogens is 260 g/mol. The van der Waals surface area contributed by atoms with Crippen molar-refractivity contribution in [1.29, 1.82) is 0 Å². The fraction of sp³-hybridized carbons (Fsp3) is 0.750. The summed E-state index contributed by atoms with van der Waals surface area (Å²) in [5, 5.41) is 3.24. The highest BCUT2D eigenvalue weighted by atomic mass is 16.5. The topological polar surface area (TPSA) is 107 Å². The van der Waals surface area contributed by atoms with Crippen molar-refractivity contribution in [1.82, 2.24) is 15.0 Å². The van der Waals surface area contributed by atoms with Crippen LogP contribution < -0.4 is 21.3 Å². The molecule has 8 heteroatoms. The maximum Gasteiger partial charge on any atom is 0.323 e. The van der Waals surface area contributed by atoms with E-state index < -0.39 is 0 Å². The summed E-state index contributed by atoms with van der Waals surface area (Å²) in [6.45, 7) is 3.95. The summed E-state index contributed by atoms with van der Waals surface area (Å²) in [5.41, 5.74) is 2.72. The van der Waals surface area contributed by atoms with Crippen molar-refractivity contribution in [2.75, 3.05) is 37.6 Å².